The molecule has 3 aromatic rings. The van der Waals surface area contributed by atoms with Crippen LogP contribution in [0.4, 0.5) is 5.69 Å². The van der Waals surface area contributed by atoms with E-state index in [1.54, 1.807) is 24.3 Å². The van der Waals surface area contributed by atoms with Gasteiger partial charge in [0.1, 0.15) is 17.6 Å². The highest BCUT2D eigenvalue weighted by molar-refractivity contribution is 6.08. The lowest BCUT2D eigenvalue weighted by atomic mass is 10.1. The number of ether oxygens (including phenoxy) is 2. The van der Waals surface area contributed by atoms with Crippen LogP contribution in [0.25, 0.3) is 5.69 Å². The third kappa shape index (κ3) is 3.86. The summed E-state index contributed by atoms with van der Waals surface area (Å²) in [4.78, 5) is 32.6. The summed E-state index contributed by atoms with van der Waals surface area (Å²) in [5.41, 5.74) is 2.35. The summed E-state index contributed by atoms with van der Waals surface area (Å²) in [6, 6.07) is 6.93. The maximum Gasteiger partial charge on any atom is 0.261 e. The number of tetrazole rings is 1. The van der Waals surface area contributed by atoms with E-state index >= 15 is 0 Å². The summed E-state index contributed by atoms with van der Waals surface area (Å²) in [5.74, 6) is 0.157. The van der Waals surface area contributed by atoms with Crippen LogP contribution in [0.5, 0.6) is 11.6 Å². The summed E-state index contributed by atoms with van der Waals surface area (Å²) in [5, 5.41) is 14.0. The van der Waals surface area contributed by atoms with Gasteiger partial charge in [0.2, 0.25) is 5.88 Å². The van der Waals surface area contributed by atoms with Gasteiger partial charge in [-0.1, -0.05) is 12.8 Å². The fourth-order valence-electron chi connectivity index (χ4n) is 4.44. The number of aromatic nitrogens is 5. The number of benzene rings is 1. The van der Waals surface area contributed by atoms with Gasteiger partial charge in [-0.05, 0) is 35.4 Å². The topological polar surface area (TPSA) is 124 Å². The Morgan fingerprint density at radius 3 is 2.64 bits per heavy atom. The third-order valence-electron chi connectivity index (χ3n) is 6.08. The van der Waals surface area contributed by atoms with E-state index in [9.17, 15) is 9.59 Å². The van der Waals surface area contributed by atoms with Crippen LogP contribution >= 0.6 is 0 Å². The summed E-state index contributed by atoms with van der Waals surface area (Å²) in [7, 11) is 2.98. The zero-order valence-electron chi connectivity index (χ0n) is 18.3. The first-order chi connectivity index (χ1) is 16.1. The van der Waals surface area contributed by atoms with Gasteiger partial charge in [-0.2, -0.15) is 0 Å². The molecule has 0 spiro atoms. The number of nitrogens with zero attached hydrogens (tertiary/aromatic N) is 6. The van der Waals surface area contributed by atoms with Crippen molar-refractivity contribution in [2.75, 3.05) is 19.5 Å². The minimum Gasteiger partial charge on any atom is -0.497 e. The lowest BCUT2D eigenvalue weighted by Crippen LogP contribution is -2.33. The molecule has 0 unspecified atom stereocenters. The van der Waals surface area contributed by atoms with Crippen LogP contribution in [-0.2, 0) is 6.54 Å². The molecule has 5 rings (SSSR count). The van der Waals surface area contributed by atoms with E-state index in [1.165, 1.54) is 25.2 Å². The second-order valence-electron chi connectivity index (χ2n) is 8.04. The molecule has 0 radical (unpaired) electrons. The molecule has 170 valence electrons. The van der Waals surface area contributed by atoms with Crippen molar-refractivity contribution in [1.82, 2.24) is 30.1 Å². The lowest BCUT2D eigenvalue weighted by molar-refractivity contribution is 0.0706. The Bertz CT molecular complexity index is 1210. The normalized spacial score (nSPS) is 15.6. The van der Waals surface area contributed by atoms with E-state index in [2.05, 4.69) is 25.8 Å². The van der Waals surface area contributed by atoms with Gasteiger partial charge in [-0.15, -0.1) is 5.10 Å². The van der Waals surface area contributed by atoms with Crippen molar-refractivity contribution < 1.29 is 19.1 Å². The second kappa shape index (κ2) is 8.49. The Kier molecular flexibility index (Phi) is 5.37. The van der Waals surface area contributed by atoms with Crippen molar-refractivity contribution in [2.24, 2.45) is 0 Å². The standard InChI is InChI=1S/C22H23N7O4/c1-32-16-8-13(7-15(9-16)29-12-23-26-27-29)24-20(30)18-10-17-19(25-21(18)33-2)11-28(22(17)31)14-5-3-4-6-14/h7-10,12,14H,3-6,11H2,1-2H3,(H,24,30). The number of hydrogen-bond donors (Lipinski definition) is 1. The van der Waals surface area contributed by atoms with Crippen LogP contribution in [0.3, 0.4) is 0 Å². The first kappa shape index (κ1) is 20.9. The molecular formula is C22H23N7O4. The molecule has 1 saturated carbocycles. The molecule has 1 fully saturated rings. The third-order valence-corrected chi connectivity index (χ3v) is 6.08. The fourth-order valence-corrected chi connectivity index (χ4v) is 4.44. The van der Waals surface area contributed by atoms with Crippen LogP contribution in [0.1, 0.15) is 52.1 Å². The number of carbonyl (C=O) groups is 2. The lowest BCUT2D eigenvalue weighted by Gasteiger charge is -2.22. The van der Waals surface area contributed by atoms with Gasteiger partial charge in [0.05, 0.1) is 37.7 Å². The second-order valence-corrected chi connectivity index (χ2v) is 8.04. The molecular weight excluding hydrogens is 426 g/mol. The molecule has 2 aromatic heterocycles. The number of fused-ring (bicyclic) bond motifs is 1. The highest BCUT2D eigenvalue weighted by Crippen LogP contribution is 2.33. The highest BCUT2D eigenvalue weighted by Gasteiger charge is 2.36. The number of amides is 2. The van der Waals surface area contributed by atoms with Crippen LogP contribution < -0.4 is 14.8 Å². The molecule has 11 heteroatoms. The van der Waals surface area contributed by atoms with Crippen molar-refractivity contribution in [3.8, 4) is 17.3 Å². The van der Waals surface area contributed by atoms with E-state index in [-0.39, 0.29) is 23.4 Å². The van der Waals surface area contributed by atoms with Gasteiger partial charge in [0.15, 0.2) is 0 Å². The summed E-state index contributed by atoms with van der Waals surface area (Å²) in [6.45, 7) is 0.447. The average Bonchev–Trinajstić information content (AvgIpc) is 3.60. The van der Waals surface area contributed by atoms with E-state index in [4.69, 9.17) is 9.47 Å². The summed E-state index contributed by atoms with van der Waals surface area (Å²) >= 11 is 0. The van der Waals surface area contributed by atoms with Crippen LogP contribution in [0, 0.1) is 0 Å². The number of methoxy groups -OCH3 is 2. The number of nitrogens with one attached hydrogen (secondary N) is 1. The predicted octanol–water partition coefficient (Wildman–Crippen LogP) is 2.23. The van der Waals surface area contributed by atoms with Crippen LogP contribution in [-0.4, -0.2) is 62.2 Å². The number of rotatable bonds is 6. The van der Waals surface area contributed by atoms with Crippen molar-refractivity contribution in [1.29, 1.82) is 0 Å². The Hall–Kier alpha value is -4.02. The first-order valence-corrected chi connectivity index (χ1v) is 10.7. The number of carbonyl (C=O) groups excluding carboxylic acids is 2. The monoisotopic (exact) mass is 449 g/mol. The van der Waals surface area contributed by atoms with E-state index in [0.717, 1.165) is 25.7 Å². The molecule has 1 aliphatic carbocycles. The smallest absolute Gasteiger partial charge is 0.261 e. The first-order valence-electron chi connectivity index (χ1n) is 10.7. The van der Waals surface area contributed by atoms with Gasteiger partial charge >= 0.3 is 0 Å². The van der Waals surface area contributed by atoms with Gasteiger partial charge in [-0.3, -0.25) is 9.59 Å². The minimum atomic E-state index is -0.454. The summed E-state index contributed by atoms with van der Waals surface area (Å²) < 4.78 is 12.2. The average molecular weight is 449 g/mol. The van der Waals surface area contributed by atoms with E-state index in [1.807, 2.05) is 4.90 Å². The highest BCUT2D eigenvalue weighted by atomic mass is 16.5. The molecule has 0 saturated heterocycles. The molecule has 2 aliphatic rings. The van der Waals surface area contributed by atoms with Crippen LogP contribution in [0.15, 0.2) is 30.6 Å². The molecule has 2 amide bonds. The minimum absolute atomic E-state index is 0.0801. The fraction of sp³-hybridized carbons (Fsp3) is 0.364. The molecule has 11 nitrogen and oxygen atoms in total. The molecule has 1 aromatic carbocycles. The SMILES string of the molecule is COc1cc(NC(=O)c2cc3c(nc2OC)CN(C2CCCC2)C3=O)cc(-n2cnnn2)c1. The Labute approximate surface area is 189 Å². The van der Waals surface area contributed by atoms with Gasteiger partial charge in [-0.25, -0.2) is 9.67 Å². The Balaban J connectivity index is 1.44. The molecule has 33 heavy (non-hydrogen) atoms. The Morgan fingerprint density at radius 1 is 1.12 bits per heavy atom. The Morgan fingerprint density at radius 2 is 1.94 bits per heavy atom. The molecule has 0 atom stereocenters. The maximum absolute atomic E-state index is 13.2. The molecule has 3 heterocycles. The van der Waals surface area contributed by atoms with Gasteiger partial charge < -0.3 is 19.7 Å². The van der Waals surface area contributed by atoms with E-state index in [0.29, 0.717) is 34.9 Å². The zero-order chi connectivity index (χ0) is 22.9. The van der Waals surface area contributed by atoms with E-state index < -0.39 is 5.91 Å². The summed E-state index contributed by atoms with van der Waals surface area (Å²) in [6.07, 6.45) is 5.70. The van der Waals surface area contributed by atoms with Crippen molar-refractivity contribution >= 4 is 17.5 Å². The van der Waals surface area contributed by atoms with Gasteiger partial charge in [0.25, 0.3) is 11.8 Å². The predicted molar refractivity (Wildman–Crippen MR) is 117 cm³/mol. The molecule has 1 N–H and O–H groups in total. The maximum atomic E-state index is 13.2. The largest absolute Gasteiger partial charge is 0.497 e. The van der Waals surface area contributed by atoms with Crippen molar-refractivity contribution in [3.63, 3.8) is 0 Å². The number of anilines is 1. The molecule has 0 bridgehead atoms. The molecule has 1 aliphatic heterocycles. The number of hydrogen-bond acceptors (Lipinski definition) is 8. The van der Waals surface area contributed by atoms with Crippen molar-refractivity contribution in [2.45, 2.75) is 38.3 Å². The van der Waals surface area contributed by atoms with Gasteiger partial charge in [0, 0.05) is 23.9 Å². The van der Waals surface area contributed by atoms with Crippen molar-refractivity contribution in [3.05, 3.63) is 47.4 Å². The number of pyridine rings is 1. The zero-order valence-corrected chi connectivity index (χ0v) is 18.3. The van der Waals surface area contributed by atoms with Crippen LogP contribution in [0.2, 0.25) is 0 Å². The quantitative estimate of drug-likeness (QED) is 0.607.